The van der Waals surface area contributed by atoms with Gasteiger partial charge in [-0.1, -0.05) is 18.6 Å². The normalized spacial score (nSPS) is 19.0. The van der Waals surface area contributed by atoms with E-state index in [2.05, 4.69) is 6.92 Å². The van der Waals surface area contributed by atoms with Gasteiger partial charge in [-0.3, -0.25) is 0 Å². The average Bonchev–Trinajstić information content (AvgIpc) is 2.30. The van der Waals surface area contributed by atoms with Gasteiger partial charge in [-0.25, -0.2) is 0 Å². The van der Waals surface area contributed by atoms with E-state index >= 15 is 0 Å². The molecule has 0 spiro atoms. The van der Waals surface area contributed by atoms with Crippen LogP contribution in [0.5, 0.6) is 5.75 Å². The van der Waals surface area contributed by atoms with Crippen LogP contribution in [0.25, 0.3) is 0 Å². The van der Waals surface area contributed by atoms with Crippen LogP contribution < -0.4 is 4.74 Å². The highest BCUT2D eigenvalue weighted by atomic mass is 16.5. The van der Waals surface area contributed by atoms with Gasteiger partial charge in [0.25, 0.3) is 0 Å². The summed E-state index contributed by atoms with van der Waals surface area (Å²) in [6, 6.07) is 6.03. The van der Waals surface area contributed by atoms with E-state index in [-0.39, 0.29) is 0 Å². The predicted molar refractivity (Wildman–Crippen MR) is 69.3 cm³/mol. The van der Waals surface area contributed by atoms with Gasteiger partial charge in [0.15, 0.2) is 0 Å². The Hall–Kier alpha value is -1.02. The van der Waals surface area contributed by atoms with Crippen molar-refractivity contribution in [1.29, 1.82) is 0 Å². The number of hydrogen-bond acceptors (Lipinski definition) is 2. The van der Waals surface area contributed by atoms with Crippen LogP contribution >= 0.6 is 0 Å². The highest BCUT2D eigenvalue weighted by molar-refractivity contribution is 5.38. The van der Waals surface area contributed by atoms with Crippen LogP contribution in [-0.4, -0.2) is 11.2 Å². The van der Waals surface area contributed by atoms with E-state index in [0.29, 0.717) is 6.10 Å². The number of benzene rings is 1. The Morgan fingerprint density at radius 2 is 1.94 bits per heavy atom. The number of aliphatic hydroxyl groups is 1. The molecule has 0 aliphatic heterocycles. The molecule has 2 rings (SSSR count). The lowest BCUT2D eigenvalue weighted by Gasteiger charge is -2.25. The van der Waals surface area contributed by atoms with Crippen molar-refractivity contribution in [3.05, 3.63) is 29.3 Å². The van der Waals surface area contributed by atoms with Gasteiger partial charge in [0.1, 0.15) is 5.75 Å². The second-order valence-electron chi connectivity index (χ2n) is 5.10. The molecule has 0 heterocycles. The van der Waals surface area contributed by atoms with Crippen molar-refractivity contribution in [2.24, 2.45) is 0 Å². The molecule has 2 heteroatoms. The van der Waals surface area contributed by atoms with Crippen LogP contribution in [0.4, 0.5) is 0 Å². The Balaban J connectivity index is 2.14. The molecule has 1 aromatic rings. The third-order valence-electron chi connectivity index (χ3n) is 3.46. The number of hydrogen-bond donors (Lipinski definition) is 1. The average molecular weight is 234 g/mol. The van der Waals surface area contributed by atoms with Crippen LogP contribution in [0.3, 0.4) is 0 Å². The quantitative estimate of drug-likeness (QED) is 0.863. The highest BCUT2D eigenvalue weighted by Crippen LogP contribution is 2.30. The summed E-state index contributed by atoms with van der Waals surface area (Å²) in [6.07, 6.45) is 6.02. The fourth-order valence-electron chi connectivity index (χ4n) is 2.45. The lowest BCUT2D eigenvalue weighted by atomic mass is 9.97. The summed E-state index contributed by atoms with van der Waals surface area (Å²) in [5.41, 5.74) is 2.08. The maximum absolute atomic E-state index is 9.74. The molecule has 1 unspecified atom stereocenters. The molecule has 0 bridgehead atoms. The zero-order chi connectivity index (χ0) is 12.3. The number of rotatable bonds is 3. The van der Waals surface area contributed by atoms with Crippen LogP contribution in [0.1, 0.15) is 56.3 Å². The first-order chi connectivity index (χ1) is 8.16. The molecule has 1 N–H and O–H groups in total. The van der Waals surface area contributed by atoms with Gasteiger partial charge in [-0.15, -0.1) is 0 Å². The van der Waals surface area contributed by atoms with Crippen LogP contribution in [0.2, 0.25) is 0 Å². The standard InChI is InChI=1S/C15H22O2/c1-11-8-9-14(12(2)16)15(10-11)17-13-6-4-3-5-7-13/h8-10,12-13,16H,3-7H2,1-2H3. The molecule has 94 valence electrons. The number of aliphatic hydroxyl groups excluding tert-OH is 1. The predicted octanol–water partition coefficient (Wildman–Crippen LogP) is 3.76. The largest absolute Gasteiger partial charge is 0.490 e. The van der Waals surface area contributed by atoms with Crippen molar-refractivity contribution in [3.8, 4) is 5.75 Å². The van der Waals surface area contributed by atoms with E-state index in [1.54, 1.807) is 6.92 Å². The van der Waals surface area contributed by atoms with E-state index in [1.165, 1.54) is 24.8 Å². The van der Waals surface area contributed by atoms with E-state index in [9.17, 15) is 5.11 Å². The van der Waals surface area contributed by atoms with Gasteiger partial charge >= 0.3 is 0 Å². The fourth-order valence-corrected chi connectivity index (χ4v) is 2.45. The lowest BCUT2D eigenvalue weighted by molar-refractivity contribution is 0.142. The first-order valence-electron chi connectivity index (χ1n) is 6.62. The summed E-state index contributed by atoms with van der Waals surface area (Å²) in [6.45, 7) is 3.85. The lowest BCUT2D eigenvalue weighted by Crippen LogP contribution is -2.20. The molecule has 1 aliphatic carbocycles. The molecule has 1 aromatic carbocycles. The second-order valence-corrected chi connectivity index (χ2v) is 5.10. The van der Waals surface area contributed by atoms with Gasteiger partial charge in [0.05, 0.1) is 12.2 Å². The first kappa shape index (κ1) is 12.4. The van der Waals surface area contributed by atoms with Crippen molar-refractivity contribution >= 4 is 0 Å². The SMILES string of the molecule is Cc1ccc(C(C)O)c(OC2CCCCC2)c1. The van der Waals surface area contributed by atoms with Crippen LogP contribution in [-0.2, 0) is 0 Å². The van der Waals surface area contributed by atoms with E-state index < -0.39 is 6.10 Å². The Morgan fingerprint density at radius 1 is 1.24 bits per heavy atom. The van der Waals surface area contributed by atoms with Crippen molar-refractivity contribution in [3.63, 3.8) is 0 Å². The minimum absolute atomic E-state index is 0.336. The number of ether oxygens (including phenoxy) is 1. The Labute approximate surface area is 104 Å². The second kappa shape index (κ2) is 5.54. The Kier molecular flexibility index (Phi) is 4.06. The summed E-state index contributed by atoms with van der Waals surface area (Å²) in [7, 11) is 0. The van der Waals surface area contributed by atoms with Crippen molar-refractivity contribution in [2.75, 3.05) is 0 Å². The fraction of sp³-hybridized carbons (Fsp3) is 0.600. The molecule has 1 saturated carbocycles. The smallest absolute Gasteiger partial charge is 0.125 e. The van der Waals surface area contributed by atoms with Gasteiger partial charge in [-0.05, 0) is 51.2 Å². The van der Waals surface area contributed by atoms with Gasteiger partial charge in [0, 0.05) is 5.56 Å². The van der Waals surface area contributed by atoms with E-state index in [0.717, 1.165) is 24.2 Å². The Morgan fingerprint density at radius 3 is 2.59 bits per heavy atom. The van der Waals surface area contributed by atoms with Gasteiger partial charge in [-0.2, -0.15) is 0 Å². The monoisotopic (exact) mass is 234 g/mol. The van der Waals surface area contributed by atoms with E-state index in [1.807, 2.05) is 18.2 Å². The van der Waals surface area contributed by atoms with Crippen molar-refractivity contribution in [2.45, 2.75) is 58.2 Å². The summed E-state index contributed by atoms with van der Waals surface area (Å²) in [5, 5.41) is 9.74. The third kappa shape index (κ3) is 3.22. The summed E-state index contributed by atoms with van der Waals surface area (Å²) in [5.74, 6) is 0.868. The number of aryl methyl sites for hydroxylation is 1. The molecule has 0 aromatic heterocycles. The maximum atomic E-state index is 9.74. The molecule has 1 aliphatic rings. The first-order valence-corrected chi connectivity index (χ1v) is 6.62. The molecule has 2 nitrogen and oxygen atoms in total. The van der Waals surface area contributed by atoms with Crippen molar-refractivity contribution in [1.82, 2.24) is 0 Å². The minimum atomic E-state index is -0.464. The molecule has 17 heavy (non-hydrogen) atoms. The molecule has 0 saturated heterocycles. The maximum Gasteiger partial charge on any atom is 0.125 e. The zero-order valence-corrected chi connectivity index (χ0v) is 10.8. The van der Waals surface area contributed by atoms with Gasteiger partial charge < -0.3 is 9.84 Å². The minimum Gasteiger partial charge on any atom is -0.490 e. The van der Waals surface area contributed by atoms with E-state index in [4.69, 9.17) is 4.74 Å². The molecular weight excluding hydrogens is 212 g/mol. The van der Waals surface area contributed by atoms with Crippen LogP contribution in [0.15, 0.2) is 18.2 Å². The summed E-state index contributed by atoms with van der Waals surface area (Å²) in [4.78, 5) is 0. The molecule has 0 radical (unpaired) electrons. The van der Waals surface area contributed by atoms with Gasteiger partial charge in [0.2, 0.25) is 0 Å². The molecule has 0 amide bonds. The summed E-state index contributed by atoms with van der Waals surface area (Å²) < 4.78 is 6.07. The van der Waals surface area contributed by atoms with Crippen molar-refractivity contribution < 1.29 is 9.84 Å². The Bertz CT molecular complexity index is 365. The molecular formula is C15H22O2. The zero-order valence-electron chi connectivity index (χ0n) is 10.8. The summed E-state index contributed by atoms with van der Waals surface area (Å²) >= 11 is 0. The molecule has 1 fully saturated rings. The third-order valence-corrected chi connectivity index (χ3v) is 3.46. The topological polar surface area (TPSA) is 29.5 Å². The molecule has 1 atom stereocenters. The van der Waals surface area contributed by atoms with Crippen LogP contribution in [0, 0.1) is 6.92 Å². The highest BCUT2D eigenvalue weighted by Gasteiger charge is 2.17.